The van der Waals surface area contributed by atoms with Gasteiger partial charge in [0.1, 0.15) is 11.6 Å². The van der Waals surface area contributed by atoms with Crippen molar-refractivity contribution >= 4 is 28.6 Å². The normalized spacial score (nSPS) is 11.7. The molecule has 0 atom stereocenters. The molecule has 1 N–H and O–H groups in total. The van der Waals surface area contributed by atoms with E-state index in [0.29, 0.717) is 6.54 Å². The van der Waals surface area contributed by atoms with Crippen molar-refractivity contribution in [2.75, 3.05) is 5.32 Å². The highest BCUT2D eigenvalue weighted by Crippen LogP contribution is 2.20. The first-order valence-electron chi connectivity index (χ1n) is 5.73. The minimum atomic E-state index is -4.53. The standard InChI is InChI=1S/C11H10ClF3N4OS/c1-6-18-7(4-21-6)2-16-8-3-17-19(5-11(13,14)15)10(20)9(8)12/h3-4,16H,2,5H2,1H3. The Balaban J connectivity index is 2.15. The highest BCUT2D eigenvalue weighted by Gasteiger charge is 2.29. The van der Waals surface area contributed by atoms with Crippen molar-refractivity contribution in [3.05, 3.63) is 37.7 Å². The first-order chi connectivity index (χ1) is 9.76. The van der Waals surface area contributed by atoms with Crippen molar-refractivity contribution < 1.29 is 13.2 Å². The number of hydrogen-bond donors (Lipinski definition) is 1. The lowest BCUT2D eigenvalue weighted by Crippen LogP contribution is -2.30. The van der Waals surface area contributed by atoms with Crippen molar-refractivity contribution in [2.24, 2.45) is 0 Å². The number of nitrogens with zero attached hydrogens (tertiary/aromatic N) is 3. The third-order valence-corrected chi connectivity index (χ3v) is 3.63. The van der Waals surface area contributed by atoms with Gasteiger partial charge in [-0.15, -0.1) is 11.3 Å². The van der Waals surface area contributed by atoms with Crippen LogP contribution in [0.2, 0.25) is 5.02 Å². The number of aryl methyl sites for hydroxylation is 1. The van der Waals surface area contributed by atoms with Crippen LogP contribution in [0.15, 0.2) is 16.4 Å². The predicted molar refractivity (Wildman–Crippen MR) is 73.7 cm³/mol. The summed E-state index contributed by atoms with van der Waals surface area (Å²) >= 11 is 7.24. The summed E-state index contributed by atoms with van der Waals surface area (Å²) in [5, 5.41) is 8.67. The molecular weight excluding hydrogens is 329 g/mol. The van der Waals surface area contributed by atoms with Crippen molar-refractivity contribution in [3.63, 3.8) is 0 Å². The van der Waals surface area contributed by atoms with E-state index in [1.54, 1.807) is 0 Å². The quantitative estimate of drug-likeness (QED) is 0.931. The highest BCUT2D eigenvalue weighted by atomic mass is 35.5. The molecule has 10 heteroatoms. The van der Waals surface area contributed by atoms with Gasteiger partial charge in [0.2, 0.25) is 0 Å². The lowest BCUT2D eigenvalue weighted by Gasteiger charge is -2.11. The number of anilines is 1. The van der Waals surface area contributed by atoms with Gasteiger partial charge in [0.15, 0.2) is 0 Å². The number of thiazole rings is 1. The Hall–Kier alpha value is -1.61. The van der Waals surface area contributed by atoms with E-state index >= 15 is 0 Å². The van der Waals surface area contributed by atoms with Gasteiger partial charge in [-0.25, -0.2) is 9.67 Å². The van der Waals surface area contributed by atoms with Gasteiger partial charge in [0.05, 0.1) is 29.1 Å². The van der Waals surface area contributed by atoms with Crippen LogP contribution in [0.1, 0.15) is 10.7 Å². The molecule has 21 heavy (non-hydrogen) atoms. The topological polar surface area (TPSA) is 59.8 Å². The Morgan fingerprint density at radius 3 is 2.76 bits per heavy atom. The Kier molecular flexibility index (Phi) is 4.52. The average molecular weight is 339 g/mol. The van der Waals surface area contributed by atoms with Gasteiger partial charge in [0.25, 0.3) is 5.56 Å². The fourth-order valence-corrected chi connectivity index (χ4v) is 2.37. The molecule has 0 aliphatic heterocycles. The van der Waals surface area contributed by atoms with Crippen molar-refractivity contribution in [1.29, 1.82) is 0 Å². The van der Waals surface area contributed by atoms with Crippen LogP contribution in [0.5, 0.6) is 0 Å². The SMILES string of the molecule is Cc1nc(CNc2cnn(CC(F)(F)F)c(=O)c2Cl)cs1. The molecule has 0 saturated heterocycles. The van der Waals surface area contributed by atoms with Gasteiger partial charge >= 0.3 is 6.18 Å². The zero-order chi connectivity index (χ0) is 15.6. The fourth-order valence-electron chi connectivity index (χ4n) is 1.55. The predicted octanol–water partition coefficient (Wildman–Crippen LogP) is 2.84. The minimum absolute atomic E-state index is 0.172. The second-order valence-corrected chi connectivity index (χ2v) is 5.60. The summed E-state index contributed by atoms with van der Waals surface area (Å²) in [6.45, 7) is 0.673. The van der Waals surface area contributed by atoms with Crippen LogP contribution >= 0.6 is 22.9 Å². The molecule has 0 fully saturated rings. The molecular formula is C11H10ClF3N4OS. The van der Waals surface area contributed by atoms with E-state index in [-0.39, 0.29) is 15.4 Å². The molecule has 2 heterocycles. The summed E-state index contributed by atoms with van der Waals surface area (Å²) in [7, 11) is 0. The van der Waals surface area contributed by atoms with E-state index in [0.717, 1.165) is 16.9 Å². The zero-order valence-electron chi connectivity index (χ0n) is 10.7. The van der Waals surface area contributed by atoms with Gasteiger partial charge in [-0.1, -0.05) is 11.6 Å². The average Bonchev–Trinajstić information content (AvgIpc) is 2.79. The van der Waals surface area contributed by atoms with Crippen molar-refractivity contribution in [1.82, 2.24) is 14.8 Å². The summed E-state index contributed by atoms with van der Waals surface area (Å²) in [6, 6.07) is 0. The molecule has 0 aromatic carbocycles. The van der Waals surface area contributed by atoms with E-state index in [4.69, 9.17) is 11.6 Å². The number of rotatable bonds is 4. The van der Waals surface area contributed by atoms with Crippen molar-refractivity contribution in [2.45, 2.75) is 26.2 Å². The van der Waals surface area contributed by atoms with E-state index in [9.17, 15) is 18.0 Å². The summed E-state index contributed by atoms with van der Waals surface area (Å²) in [4.78, 5) is 15.9. The van der Waals surface area contributed by atoms with E-state index in [1.165, 1.54) is 11.3 Å². The Labute approximate surface area is 126 Å². The Morgan fingerprint density at radius 2 is 2.19 bits per heavy atom. The first kappa shape index (κ1) is 15.8. The number of nitrogens with one attached hydrogen (secondary N) is 1. The van der Waals surface area contributed by atoms with Crippen LogP contribution in [0.3, 0.4) is 0 Å². The monoisotopic (exact) mass is 338 g/mol. The molecule has 2 rings (SSSR count). The third kappa shape index (κ3) is 4.18. The minimum Gasteiger partial charge on any atom is -0.377 e. The summed E-state index contributed by atoms with van der Waals surface area (Å²) < 4.78 is 37.1. The van der Waals surface area contributed by atoms with E-state index in [1.807, 2.05) is 12.3 Å². The molecule has 2 aromatic rings. The number of hydrogen-bond acceptors (Lipinski definition) is 5. The second kappa shape index (κ2) is 6.02. The van der Waals surface area contributed by atoms with Crippen LogP contribution < -0.4 is 10.9 Å². The smallest absolute Gasteiger partial charge is 0.377 e. The Morgan fingerprint density at radius 1 is 1.48 bits per heavy atom. The highest BCUT2D eigenvalue weighted by molar-refractivity contribution is 7.09. The molecule has 0 bridgehead atoms. The first-order valence-corrected chi connectivity index (χ1v) is 6.99. The molecule has 0 spiro atoms. The van der Waals surface area contributed by atoms with Crippen LogP contribution in [0.25, 0.3) is 0 Å². The molecule has 2 aromatic heterocycles. The maximum Gasteiger partial charge on any atom is 0.408 e. The van der Waals surface area contributed by atoms with Crippen LogP contribution in [0.4, 0.5) is 18.9 Å². The summed E-state index contributed by atoms with van der Waals surface area (Å²) in [5.74, 6) is 0. The van der Waals surface area contributed by atoms with E-state index in [2.05, 4.69) is 15.4 Å². The zero-order valence-corrected chi connectivity index (χ0v) is 12.3. The molecule has 0 amide bonds. The summed E-state index contributed by atoms with van der Waals surface area (Å²) in [6.07, 6.45) is -3.44. The van der Waals surface area contributed by atoms with E-state index < -0.39 is 18.3 Å². The fraction of sp³-hybridized carbons (Fsp3) is 0.364. The van der Waals surface area contributed by atoms with Gasteiger partial charge in [0, 0.05) is 5.38 Å². The lowest BCUT2D eigenvalue weighted by molar-refractivity contribution is -0.143. The molecule has 0 unspecified atom stereocenters. The van der Waals surface area contributed by atoms with Gasteiger partial charge in [-0.05, 0) is 6.92 Å². The molecule has 0 radical (unpaired) electrons. The lowest BCUT2D eigenvalue weighted by atomic mass is 10.4. The van der Waals surface area contributed by atoms with Crippen LogP contribution in [-0.2, 0) is 13.1 Å². The number of halogens is 4. The van der Waals surface area contributed by atoms with Crippen LogP contribution in [0, 0.1) is 6.92 Å². The third-order valence-electron chi connectivity index (χ3n) is 2.44. The van der Waals surface area contributed by atoms with Gasteiger partial charge in [-0.2, -0.15) is 18.3 Å². The maximum atomic E-state index is 12.3. The number of alkyl halides is 3. The van der Waals surface area contributed by atoms with Crippen LogP contribution in [-0.4, -0.2) is 20.9 Å². The van der Waals surface area contributed by atoms with Gasteiger partial charge < -0.3 is 5.32 Å². The molecule has 0 aliphatic rings. The molecule has 0 aliphatic carbocycles. The van der Waals surface area contributed by atoms with Gasteiger partial charge in [-0.3, -0.25) is 4.79 Å². The van der Waals surface area contributed by atoms with Crippen molar-refractivity contribution in [3.8, 4) is 0 Å². The maximum absolute atomic E-state index is 12.3. The molecule has 5 nitrogen and oxygen atoms in total. The number of aromatic nitrogens is 3. The Bertz CT molecular complexity index is 698. The molecule has 0 saturated carbocycles. The molecule has 114 valence electrons. The summed E-state index contributed by atoms with van der Waals surface area (Å²) in [5.41, 5.74) is -0.0766. The second-order valence-electron chi connectivity index (χ2n) is 4.16. The largest absolute Gasteiger partial charge is 0.408 e.